The number of aryl methyl sites for hydroxylation is 1. The fourth-order valence-electron chi connectivity index (χ4n) is 1.38. The van der Waals surface area contributed by atoms with Crippen molar-refractivity contribution < 1.29 is 9.90 Å². The van der Waals surface area contributed by atoms with Gasteiger partial charge in [0, 0.05) is 6.54 Å². The molecule has 1 rings (SSSR count). The van der Waals surface area contributed by atoms with Crippen molar-refractivity contribution in [3.63, 3.8) is 0 Å². The summed E-state index contributed by atoms with van der Waals surface area (Å²) in [5, 5.41) is 21.0. The average Bonchev–Trinajstić information content (AvgIpc) is 2.26. The van der Waals surface area contributed by atoms with Gasteiger partial charge in [0.25, 0.3) is 0 Å². The van der Waals surface area contributed by atoms with Crippen LogP contribution in [0.1, 0.15) is 25.0 Å². The second-order valence-electron chi connectivity index (χ2n) is 4.65. The van der Waals surface area contributed by atoms with Crippen molar-refractivity contribution in [3.05, 3.63) is 29.3 Å². The Bertz CT molecular complexity index is 473. The lowest BCUT2D eigenvalue weighted by molar-refractivity contribution is -0.146. The first-order valence-electron chi connectivity index (χ1n) is 5.35. The molecule has 0 amide bonds. The number of para-hydroxylation sites is 1. The smallest absolute Gasteiger partial charge is 0.310 e. The van der Waals surface area contributed by atoms with Gasteiger partial charge in [0.2, 0.25) is 0 Å². The van der Waals surface area contributed by atoms with Crippen LogP contribution in [0.4, 0.5) is 5.69 Å². The van der Waals surface area contributed by atoms with Gasteiger partial charge in [-0.25, -0.2) is 0 Å². The van der Waals surface area contributed by atoms with E-state index in [1.165, 1.54) is 0 Å². The third-order valence-corrected chi connectivity index (χ3v) is 2.68. The number of nitrogens with one attached hydrogen (secondary N) is 1. The van der Waals surface area contributed by atoms with E-state index in [0.717, 1.165) is 5.56 Å². The number of benzene rings is 1. The van der Waals surface area contributed by atoms with E-state index in [2.05, 4.69) is 11.4 Å². The number of carboxylic acids is 1. The molecule has 0 aromatic heterocycles. The summed E-state index contributed by atoms with van der Waals surface area (Å²) in [6.45, 7) is 5.46. The number of hydrogen-bond acceptors (Lipinski definition) is 3. The van der Waals surface area contributed by atoms with Crippen molar-refractivity contribution in [1.82, 2.24) is 0 Å². The zero-order chi connectivity index (χ0) is 13.1. The zero-order valence-electron chi connectivity index (χ0n) is 10.2. The van der Waals surface area contributed by atoms with Gasteiger partial charge in [-0.15, -0.1) is 0 Å². The molecule has 0 unspecified atom stereocenters. The molecule has 17 heavy (non-hydrogen) atoms. The average molecular weight is 232 g/mol. The highest BCUT2D eigenvalue weighted by Gasteiger charge is 2.27. The molecule has 0 atom stereocenters. The fourth-order valence-corrected chi connectivity index (χ4v) is 1.38. The lowest BCUT2D eigenvalue weighted by Gasteiger charge is -2.21. The van der Waals surface area contributed by atoms with E-state index in [-0.39, 0.29) is 6.54 Å². The molecule has 0 saturated carbocycles. The first-order chi connectivity index (χ1) is 7.88. The minimum absolute atomic E-state index is 0.280. The molecule has 0 aliphatic rings. The quantitative estimate of drug-likeness (QED) is 0.836. The molecule has 1 aromatic rings. The van der Waals surface area contributed by atoms with Crippen molar-refractivity contribution >= 4 is 11.7 Å². The third-order valence-electron chi connectivity index (χ3n) is 2.68. The Morgan fingerprint density at radius 3 is 2.71 bits per heavy atom. The summed E-state index contributed by atoms with van der Waals surface area (Å²) in [5.74, 6) is -0.864. The van der Waals surface area contributed by atoms with Crippen LogP contribution in [0.3, 0.4) is 0 Å². The highest BCUT2D eigenvalue weighted by Crippen LogP contribution is 2.22. The Kier molecular flexibility index (Phi) is 3.74. The number of hydrogen-bond donors (Lipinski definition) is 2. The van der Waals surface area contributed by atoms with Crippen LogP contribution in [0.15, 0.2) is 18.2 Å². The summed E-state index contributed by atoms with van der Waals surface area (Å²) in [6.07, 6.45) is 0. The first kappa shape index (κ1) is 13.0. The Morgan fingerprint density at radius 1 is 1.53 bits per heavy atom. The van der Waals surface area contributed by atoms with Gasteiger partial charge in [-0.2, -0.15) is 5.26 Å². The monoisotopic (exact) mass is 232 g/mol. The lowest BCUT2D eigenvalue weighted by atomic mass is 9.93. The topological polar surface area (TPSA) is 73.1 Å². The summed E-state index contributed by atoms with van der Waals surface area (Å²) in [7, 11) is 0. The van der Waals surface area contributed by atoms with E-state index in [4.69, 9.17) is 10.4 Å². The number of aliphatic carboxylic acids is 1. The number of carbonyl (C=O) groups is 1. The number of carboxylic acid groups (broad SMARTS) is 1. The van der Waals surface area contributed by atoms with Crippen molar-refractivity contribution in [2.24, 2.45) is 5.41 Å². The molecule has 0 heterocycles. The zero-order valence-corrected chi connectivity index (χ0v) is 10.2. The first-order valence-corrected chi connectivity index (χ1v) is 5.35. The Morgan fingerprint density at radius 2 is 2.18 bits per heavy atom. The van der Waals surface area contributed by atoms with Crippen LogP contribution in [0.2, 0.25) is 0 Å². The fraction of sp³-hybridized carbons (Fsp3) is 0.385. The van der Waals surface area contributed by atoms with E-state index < -0.39 is 11.4 Å². The molecule has 1 aromatic carbocycles. The number of rotatable bonds is 4. The SMILES string of the molecule is Cc1cccc(C#N)c1NCC(C)(C)C(=O)O. The van der Waals surface area contributed by atoms with Gasteiger partial charge < -0.3 is 10.4 Å². The molecule has 0 radical (unpaired) electrons. The molecule has 0 bridgehead atoms. The van der Waals surface area contributed by atoms with Crippen molar-refractivity contribution in [2.75, 3.05) is 11.9 Å². The Labute approximate surface area is 101 Å². The van der Waals surface area contributed by atoms with E-state index in [0.29, 0.717) is 11.3 Å². The maximum atomic E-state index is 11.0. The van der Waals surface area contributed by atoms with Crippen LogP contribution in [0.25, 0.3) is 0 Å². The summed E-state index contributed by atoms with van der Waals surface area (Å²) in [6, 6.07) is 7.50. The molecule has 4 heteroatoms. The normalized spacial score (nSPS) is 10.7. The van der Waals surface area contributed by atoms with E-state index >= 15 is 0 Å². The minimum atomic E-state index is -0.866. The van der Waals surface area contributed by atoms with Crippen LogP contribution in [0.5, 0.6) is 0 Å². The summed E-state index contributed by atoms with van der Waals surface area (Å²) < 4.78 is 0. The Balaban J connectivity index is 2.91. The van der Waals surface area contributed by atoms with Gasteiger partial charge >= 0.3 is 5.97 Å². The molecule has 0 fully saturated rings. The maximum absolute atomic E-state index is 11.0. The van der Waals surface area contributed by atoms with Gasteiger partial charge in [0.1, 0.15) is 6.07 Å². The highest BCUT2D eigenvalue weighted by molar-refractivity contribution is 5.75. The van der Waals surface area contributed by atoms with Crippen LogP contribution in [-0.4, -0.2) is 17.6 Å². The van der Waals surface area contributed by atoms with Crippen LogP contribution in [-0.2, 0) is 4.79 Å². The summed E-state index contributed by atoms with van der Waals surface area (Å²) in [5.41, 5.74) is 1.32. The van der Waals surface area contributed by atoms with Gasteiger partial charge in [-0.1, -0.05) is 12.1 Å². The maximum Gasteiger partial charge on any atom is 0.310 e. The number of anilines is 1. The van der Waals surface area contributed by atoms with Crippen molar-refractivity contribution in [1.29, 1.82) is 5.26 Å². The van der Waals surface area contributed by atoms with E-state index in [9.17, 15) is 4.79 Å². The molecule has 90 valence electrons. The highest BCUT2D eigenvalue weighted by atomic mass is 16.4. The van der Waals surface area contributed by atoms with Crippen molar-refractivity contribution in [2.45, 2.75) is 20.8 Å². The molecule has 2 N–H and O–H groups in total. The molecule has 0 aliphatic heterocycles. The number of nitriles is 1. The molecule has 0 aliphatic carbocycles. The molecular weight excluding hydrogens is 216 g/mol. The van der Waals surface area contributed by atoms with Crippen LogP contribution in [0, 0.1) is 23.7 Å². The molecule has 0 spiro atoms. The van der Waals surface area contributed by atoms with E-state index in [1.54, 1.807) is 26.0 Å². The Hall–Kier alpha value is -2.02. The second-order valence-corrected chi connectivity index (χ2v) is 4.65. The largest absolute Gasteiger partial charge is 0.481 e. The van der Waals surface area contributed by atoms with Gasteiger partial charge in [0.15, 0.2) is 0 Å². The molecule has 0 saturated heterocycles. The molecular formula is C13H16N2O2. The predicted octanol–water partition coefficient (Wildman–Crippen LogP) is 2.39. The van der Waals surface area contributed by atoms with E-state index in [1.807, 2.05) is 13.0 Å². The second kappa shape index (κ2) is 4.88. The predicted molar refractivity (Wildman–Crippen MR) is 65.8 cm³/mol. The molecule has 4 nitrogen and oxygen atoms in total. The summed E-state index contributed by atoms with van der Waals surface area (Å²) >= 11 is 0. The van der Waals surface area contributed by atoms with Crippen LogP contribution < -0.4 is 5.32 Å². The lowest BCUT2D eigenvalue weighted by Crippen LogP contribution is -2.32. The summed E-state index contributed by atoms with van der Waals surface area (Å²) in [4.78, 5) is 11.0. The van der Waals surface area contributed by atoms with Crippen molar-refractivity contribution in [3.8, 4) is 6.07 Å². The van der Waals surface area contributed by atoms with Gasteiger partial charge in [-0.3, -0.25) is 4.79 Å². The third kappa shape index (κ3) is 2.97. The minimum Gasteiger partial charge on any atom is -0.481 e. The number of nitrogens with zero attached hydrogens (tertiary/aromatic N) is 1. The van der Waals surface area contributed by atoms with Crippen LogP contribution >= 0.6 is 0 Å². The van der Waals surface area contributed by atoms with Gasteiger partial charge in [-0.05, 0) is 32.4 Å². The van der Waals surface area contributed by atoms with Gasteiger partial charge in [0.05, 0.1) is 16.7 Å². The standard InChI is InChI=1S/C13H16N2O2/c1-9-5-4-6-10(7-14)11(9)15-8-13(2,3)12(16)17/h4-6,15H,8H2,1-3H3,(H,16,17).